The predicted octanol–water partition coefficient (Wildman–Crippen LogP) is 2.02. The zero-order valence-corrected chi connectivity index (χ0v) is 9.57. The van der Waals surface area contributed by atoms with Crippen molar-refractivity contribution in [1.82, 2.24) is 10.2 Å². The van der Waals surface area contributed by atoms with E-state index in [0.29, 0.717) is 12.1 Å². The molecule has 1 aromatic rings. The van der Waals surface area contributed by atoms with Crippen LogP contribution < -0.4 is 5.32 Å². The van der Waals surface area contributed by atoms with Crippen LogP contribution in [-0.4, -0.2) is 31.1 Å². The Kier molecular flexibility index (Phi) is 3.44. The number of nitrogens with zero attached hydrogens (tertiary/aromatic N) is 1. The van der Waals surface area contributed by atoms with Gasteiger partial charge in [-0.1, -0.05) is 0 Å². The fourth-order valence-corrected chi connectivity index (χ4v) is 2.26. The quantitative estimate of drug-likeness (QED) is 0.824. The number of hydrogen-bond donors (Lipinski definition) is 1. The van der Waals surface area contributed by atoms with E-state index in [1.54, 1.807) is 6.26 Å². The van der Waals surface area contributed by atoms with Crippen molar-refractivity contribution in [2.45, 2.75) is 31.8 Å². The van der Waals surface area contributed by atoms with Crippen LogP contribution in [0.3, 0.4) is 0 Å². The van der Waals surface area contributed by atoms with Crippen LogP contribution in [0.25, 0.3) is 0 Å². The Bertz CT molecular complexity index is 278. The number of rotatable bonds is 3. The van der Waals surface area contributed by atoms with E-state index in [1.165, 1.54) is 12.8 Å². The minimum Gasteiger partial charge on any atom is -0.468 e. The van der Waals surface area contributed by atoms with Gasteiger partial charge in [-0.25, -0.2) is 0 Å². The third-order valence-corrected chi connectivity index (χ3v) is 3.45. The Hall–Kier alpha value is -0.800. The molecule has 1 atom stereocenters. The van der Waals surface area contributed by atoms with Gasteiger partial charge >= 0.3 is 0 Å². The highest BCUT2D eigenvalue weighted by Gasteiger charge is 2.23. The first-order valence-corrected chi connectivity index (χ1v) is 5.75. The van der Waals surface area contributed by atoms with Gasteiger partial charge in [0.15, 0.2) is 0 Å². The molecule has 15 heavy (non-hydrogen) atoms. The summed E-state index contributed by atoms with van der Waals surface area (Å²) in [7, 11) is 2.20. The van der Waals surface area contributed by atoms with E-state index in [2.05, 4.69) is 30.3 Å². The molecule has 1 fully saturated rings. The first-order valence-electron chi connectivity index (χ1n) is 5.75. The average Bonchev–Trinajstić information content (AvgIpc) is 2.82. The second kappa shape index (κ2) is 4.81. The standard InChI is InChI=1S/C12H20N2O/c1-10(12-4-3-9-15-12)14(2)11-5-7-13-8-6-11/h3-4,9-11,13H,5-8H2,1-2H3. The van der Waals surface area contributed by atoms with Gasteiger partial charge in [0.2, 0.25) is 0 Å². The van der Waals surface area contributed by atoms with E-state index in [0.717, 1.165) is 18.8 Å². The lowest BCUT2D eigenvalue weighted by Crippen LogP contribution is -2.42. The third-order valence-electron chi connectivity index (χ3n) is 3.45. The summed E-state index contributed by atoms with van der Waals surface area (Å²) >= 11 is 0. The number of hydrogen-bond acceptors (Lipinski definition) is 3. The van der Waals surface area contributed by atoms with Crippen LogP contribution in [0.2, 0.25) is 0 Å². The van der Waals surface area contributed by atoms with Gasteiger partial charge in [0.25, 0.3) is 0 Å². The zero-order valence-electron chi connectivity index (χ0n) is 9.57. The van der Waals surface area contributed by atoms with Gasteiger partial charge in [-0.15, -0.1) is 0 Å². The highest BCUT2D eigenvalue weighted by atomic mass is 16.3. The SMILES string of the molecule is CC(c1ccco1)N(C)C1CCNCC1. The molecule has 0 amide bonds. The summed E-state index contributed by atoms with van der Waals surface area (Å²) in [5, 5.41) is 3.39. The van der Waals surface area contributed by atoms with E-state index < -0.39 is 0 Å². The normalized spacial score (nSPS) is 20.7. The minimum absolute atomic E-state index is 0.378. The molecule has 1 saturated heterocycles. The van der Waals surface area contributed by atoms with E-state index in [4.69, 9.17) is 4.42 Å². The van der Waals surface area contributed by atoms with Gasteiger partial charge in [0, 0.05) is 6.04 Å². The Morgan fingerprint density at radius 3 is 2.80 bits per heavy atom. The minimum atomic E-state index is 0.378. The van der Waals surface area contributed by atoms with Crippen LogP contribution in [0.5, 0.6) is 0 Å². The van der Waals surface area contributed by atoms with Crippen LogP contribution in [-0.2, 0) is 0 Å². The lowest BCUT2D eigenvalue weighted by atomic mass is 10.0. The fourth-order valence-electron chi connectivity index (χ4n) is 2.26. The summed E-state index contributed by atoms with van der Waals surface area (Å²) in [5.41, 5.74) is 0. The maximum atomic E-state index is 5.45. The van der Waals surface area contributed by atoms with E-state index in [1.807, 2.05) is 6.07 Å². The molecule has 0 saturated carbocycles. The molecule has 1 aliphatic rings. The molecule has 2 rings (SSSR count). The molecule has 0 aliphatic carbocycles. The summed E-state index contributed by atoms with van der Waals surface area (Å²) in [6, 6.07) is 5.08. The summed E-state index contributed by atoms with van der Waals surface area (Å²) in [6.07, 6.45) is 4.23. The van der Waals surface area contributed by atoms with Gasteiger partial charge in [-0.05, 0) is 52.0 Å². The van der Waals surface area contributed by atoms with Gasteiger partial charge in [0.1, 0.15) is 5.76 Å². The van der Waals surface area contributed by atoms with E-state index in [9.17, 15) is 0 Å². The van der Waals surface area contributed by atoms with Crippen molar-refractivity contribution >= 4 is 0 Å². The van der Waals surface area contributed by atoms with Crippen LogP contribution in [0, 0.1) is 0 Å². The van der Waals surface area contributed by atoms with E-state index >= 15 is 0 Å². The molecule has 3 nitrogen and oxygen atoms in total. The van der Waals surface area contributed by atoms with Crippen molar-refractivity contribution in [3.05, 3.63) is 24.2 Å². The van der Waals surface area contributed by atoms with Crippen LogP contribution in [0.15, 0.2) is 22.8 Å². The lowest BCUT2D eigenvalue weighted by Gasteiger charge is -2.34. The van der Waals surface area contributed by atoms with Crippen molar-refractivity contribution in [2.24, 2.45) is 0 Å². The molecule has 1 aromatic heterocycles. The topological polar surface area (TPSA) is 28.4 Å². The predicted molar refractivity (Wildman–Crippen MR) is 60.8 cm³/mol. The van der Waals surface area contributed by atoms with E-state index in [-0.39, 0.29) is 0 Å². The number of piperidine rings is 1. The van der Waals surface area contributed by atoms with Crippen LogP contribution in [0.1, 0.15) is 31.6 Å². The summed E-state index contributed by atoms with van der Waals surface area (Å²) < 4.78 is 5.45. The molecular formula is C12H20N2O. The number of furan rings is 1. The third kappa shape index (κ3) is 2.41. The first-order chi connectivity index (χ1) is 7.29. The highest BCUT2D eigenvalue weighted by Crippen LogP contribution is 2.24. The molecule has 0 radical (unpaired) electrons. The Morgan fingerprint density at radius 1 is 1.47 bits per heavy atom. The first kappa shape index (κ1) is 10.7. The molecule has 2 heterocycles. The second-order valence-electron chi connectivity index (χ2n) is 4.34. The molecule has 3 heteroatoms. The highest BCUT2D eigenvalue weighted by molar-refractivity contribution is 5.04. The summed E-state index contributed by atoms with van der Waals surface area (Å²) in [6.45, 7) is 4.49. The maximum Gasteiger partial charge on any atom is 0.120 e. The summed E-state index contributed by atoms with van der Waals surface area (Å²) in [5.74, 6) is 1.07. The molecule has 84 valence electrons. The monoisotopic (exact) mass is 208 g/mol. The van der Waals surface area contributed by atoms with Crippen molar-refractivity contribution in [1.29, 1.82) is 0 Å². The average molecular weight is 208 g/mol. The molecule has 0 spiro atoms. The molecule has 0 bridgehead atoms. The molecule has 1 aliphatic heterocycles. The molecule has 0 aromatic carbocycles. The van der Waals surface area contributed by atoms with Crippen LogP contribution >= 0.6 is 0 Å². The van der Waals surface area contributed by atoms with Gasteiger partial charge < -0.3 is 9.73 Å². The summed E-state index contributed by atoms with van der Waals surface area (Å²) in [4.78, 5) is 2.43. The fraction of sp³-hybridized carbons (Fsp3) is 0.667. The van der Waals surface area contributed by atoms with Gasteiger partial charge in [-0.2, -0.15) is 0 Å². The molecule has 1 N–H and O–H groups in total. The Labute approximate surface area is 91.4 Å². The van der Waals surface area contributed by atoms with Crippen molar-refractivity contribution in [2.75, 3.05) is 20.1 Å². The van der Waals surface area contributed by atoms with Crippen molar-refractivity contribution < 1.29 is 4.42 Å². The van der Waals surface area contributed by atoms with Gasteiger partial charge in [-0.3, -0.25) is 4.90 Å². The number of nitrogens with one attached hydrogen (secondary N) is 1. The van der Waals surface area contributed by atoms with Crippen molar-refractivity contribution in [3.8, 4) is 0 Å². The Balaban J connectivity index is 1.97. The Morgan fingerprint density at radius 2 is 2.20 bits per heavy atom. The second-order valence-corrected chi connectivity index (χ2v) is 4.34. The molecule has 1 unspecified atom stereocenters. The largest absolute Gasteiger partial charge is 0.468 e. The lowest BCUT2D eigenvalue weighted by molar-refractivity contribution is 0.138. The maximum absolute atomic E-state index is 5.45. The van der Waals surface area contributed by atoms with Crippen molar-refractivity contribution in [3.63, 3.8) is 0 Å². The zero-order chi connectivity index (χ0) is 10.7. The van der Waals surface area contributed by atoms with Gasteiger partial charge in [0.05, 0.1) is 12.3 Å². The smallest absolute Gasteiger partial charge is 0.120 e. The molecular weight excluding hydrogens is 188 g/mol. The van der Waals surface area contributed by atoms with Crippen LogP contribution in [0.4, 0.5) is 0 Å².